The van der Waals surface area contributed by atoms with Crippen LogP contribution in [0.1, 0.15) is 27.2 Å². The summed E-state index contributed by atoms with van der Waals surface area (Å²) in [5, 5.41) is 5.50. The van der Waals surface area contributed by atoms with Crippen LogP contribution >= 0.6 is 11.8 Å². The summed E-state index contributed by atoms with van der Waals surface area (Å²) in [6.45, 7) is 5.74. The van der Waals surface area contributed by atoms with Crippen molar-refractivity contribution in [2.45, 2.75) is 38.1 Å². The number of halogens is 1. The van der Waals surface area contributed by atoms with E-state index in [1.54, 1.807) is 23.9 Å². The monoisotopic (exact) mass is 326 g/mol. The van der Waals surface area contributed by atoms with Crippen LogP contribution in [0.3, 0.4) is 0 Å². The molecule has 122 valence electrons. The highest BCUT2D eigenvalue weighted by atomic mass is 32.2. The Hall–Kier alpha value is -1.56. The number of hydrogen-bond acceptors (Lipinski definition) is 3. The number of amides is 2. The van der Waals surface area contributed by atoms with Crippen molar-refractivity contribution >= 4 is 23.6 Å². The number of thioether (sulfide) groups is 1. The van der Waals surface area contributed by atoms with Gasteiger partial charge >= 0.3 is 0 Å². The first kappa shape index (κ1) is 18.5. The maximum absolute atomic E-state index is 12.8. The van der Waals surface area contributed by atoms with Crippen molar-refractivity contribution in [3.05, 3.63) is 30.1 Å². The molecule has 0 saturated heterocycles. The SMILES string of the molecule is CC(=O)NC(C(=O)NCCCSc1ccc(F)cc1)C(C)C. The van der Waals surface area contributed by atoms with Crippen molar-refractivity contribution in [2.24, 2.45) is 5.92 Å². The van der Waals surface area contributed by atoms with E-state index in [-0.39, 0.29) is 23.5 Å². The van der Waals surface area contributed by atoms with Gasteiger partial charge in [0.2, 0.25) is 11.8 Å². The van der Waals surface area contributed by atoms with Gasteiger partial charge in [0, 0.05) is 18.4 Å². The van der Waals surface area contributed by atoms with Gasteiger partial charge in [-0.3, -0.25) is 9.59 Å². The third kappa shape index (κ3) is 6.93. The molecule has 1 unspecified atom stereocenters. The van der Waals surface area contributed by atoms with E-state index in [0.717, 1.165) is 17.1 Å². The Morgan fingerprint density at radius 3 is 2.41 bits per heavy atom. The van der Waals surface area contributed by atoms with E-state index in [1.165, 1.54) is 19.1 Å². The molecule has 22 heavy (non-hydrogen) atoms. The van der Waals surface area contributed by atoms with Crippen LogP contribution in [-0.4, -0.2) is 30.2 Å². The second-order valence-electron chi connectivity index (χ2n) is 5.37. The number of nitrogens with one attached hydrogen (secondary N) is 2. The predicted octanol–water partition coefficient (Wildman–Crippen LogP) is 2.58. The molecule has 2 N–H and O–H groups in total. The lowest BCUT2D eigenvalue weighted by Gasteiger charge is -2.20. The molecule has 0 heterocycles. The Balaban J connectivity index is 2.26. The maximum atomic E-state index is 12.8. The third-order valence-electron chi connectivity index (χ3n) is 3.01. The van der Waals surface area contributed by atoms with Crippen LogP contribution in [0.4, 0.5) is 4.39 Å². The fourth-order valence-electron chi connectivity index (χ4n) is 1.87. The van der Waals surface area contributed by atoms with E-state index in [9.17, 15) is 14.0 Å². The number of rotatable bonds is 8. The molecular weight excluding hydrogens is 303 g/mol. The van der Waals surface area contributed by atoms with E-state index >= 15 is 0 Å². The molecule has 0 aliphatic carbocycles. The van der Waals surface area contributed by atoms with Crippen LogP contribution in [-0.2, 0) is 9.59 Å². The highest BCUT2D eigenvalue weighted by Crippen LogP contribution is 2.18. The first-order valence-corrected chi connectivity index (χ1v) is 8.32. The van der Waals surface area contributed by atoms with Crippen molar-refractivity contribution < 1.29 is 14.0 Å². The zero-order chi connectivity index (χ0) is 16.5. The van der Waals surface area contributed by atoms with Crippen molar-refractivity contribution in [1.82, 2.24) is 10.6 Å². The minimum atomic E-state index is -0.498. The van der Waals surface area contributed by atoms with E-state index < -0.39 is 6.04 Å². The molecule has 4 nitrogen and oxygen atoms in total. The van der Waals surface area contributed by atoms with Gasteiger partial charge in [-0.05, 0) is 42.4 Å². The first-order chi connectivity index (χ1) is 10.4. The quantitative estimate of drug-likeness (QED) is 0.570. The molecule has 1 atom stereocenters. The normalized spacial score (nSPS) is 12.0. The molecular formula is C16H23FN2O2S. The van der Waals surface area contributed by atoms with Crippen molar-refractivity contribution in [1.29, 1.82) is 0 Å². The second kappa shape index (κ2) is 9.46. The van der Waals surface area contributed by atoms with E-state index in [0.29, 0.717) is 6.54 Å². The summed E-state index contributed by atoms with van der Waals surface area (Å²) in [5.41, 5.74) is 0. The van der Waals surface area contributed by atoms with Crippen molar-refractivity contribution in [3.63, 3.8) is 0 Å². The van der Waals surface area contributed by atoms with Gasteiger partial charge in [-0.2, -0.15) is 0 Å². The van der Waals surface area contributed by atoms with Gasteiger partial charge in [-0.1, -0.05) is 13.8 Å². The van der Waals surface area contributed by atoms with Crippen LogP contribution in [0, 0.1) is 11.7 Å². The number of hydrogen-bond donors (Lipinski definition) is 2. The maximum Gasteiger partial charge on any atom is 0.242 e. The Morgan fingerprint density at radius 2 is 1.86 bits per heavy atom. The molecule has 0 spiro atoms. The predicted molar refractivity (Wildman–Crippen MR) is 87.2 cm³/mol. The number of carbonyl (C=O) groups is 2. The molecule has 0 radical (unpaired) electrons. The zero-order valence-electron chi connectivity index (χ0n) is 13.2. The third-order valence-corrected chi connectivity index (χ3v) is 4.11. The molecule has 2 amide bonds. The standard InChI is InChI=1S/C16H23FN2O2S/c1-11(2)15(19-12(3)20)16(21)18-9-4-10-22-14-7-5-13(17)6-8-14/h5-8,11,15H,4,9-10H2,1-3H3,(H,18,21)(H,19,20). The first-order valence-electron chi connectivity index (χ1n) is 7.33. The minimum Gasteiger partial charge on any atom is -0.354 e. The van der Waals surface area contributed by atoms with Gasteiger partial charge < -0.3 is 10.6 Å². The van der Waals surface area contributed by atoms with Gasteiger partial charge in [-0.15, -0.1) is 11.8 Å². The van der Waals surface area contributed by atoms with Gasteiger partial charge in [-0.25, -0.2) is 4.39 Å². The fraction of sp³-hybridized carbons (Fsp3) is 0.500. The van der Waals surface area contributed by atoms with Gasteiger partial charge in [0.1, 0.15) is 11.9 Å². The molecule has 0 bridgehead atoms. The molecule has 0 fully saturated rings. The van der Waals surface area contributed by atoms with E-state index in [4.69, 9.17) is 0 Å². The molecule has 1 aromatic carbocycles. The summed E-state index contributed by atoms with van der Waals surface area (Å²) < 4.78 is 12.8. The summed E-state index contributed by atoms with van der Waals surface area (Å²) >= 11 is 1.62. The molecule has 6 heteroatoms. The van der Waals surface area contributed by atoms with Crippen molar-refractivity contribution in [2.75, 3.05) is 12.3 Å². The van der Waals surface area contributed by atoms with Crippen molar-refractivity contribution in [3.8, 4) is 0 Å². The lowest BCUT2D eigenvalue weighted by Crippen LogP contribution is -2.49. The summed E-state index contributed by atoms with van der Waals surface area (Å²) in [5.74, 6) is 0.266. The molecule has 1 aromatic rings. The summed E-state index contributed by atoms with van der Waals surface area (Å²) in [4.78, 5) is 24.1. The molecule has 1 rings (SSSR count). The van der Waals surface area contributed by atoms with Gasteiger partial charge in [0.25, 0.3) is 0 Å². The Morgan fingerprint density at radius 1 is 1.23 bits per heavy atom. The van der Waals surface area contributed by atoms with E-state index in [2.05, 4.69) is 10.6 Å². The summed E-state index contributed by atoms with van der Waals surface area (Å²) in [6, 6.07) is 5.85. The van der Waals surface area contributed by atoms with Crippen LogP contribution in [0.25, 0.3) is 0 Å². The lowest BCUT2D eigenvalue weighted by atomic mass is 10.0. The van der Waals surface area contributed by atoms with Crippen LogP contribution in [0.5, 0.6) is 0 Å². The number of benzene rings is 1. The average Bonchev–Trinajstić information content (AvgIpc) is 2.45. The Labute approximate surface area is 135 Å². The van der Waals surface area contributed by atoms with Crippen LogP contribution in [0.2, 0.25) is 0 Å². The topological polar surface area (TPSA) is 58.2 Å². The Kier molecular flexibility index (Phi) is 7.95. The zero-order valence-corrected chi connectivity index (χ0v) is 14.0. The number of carbonyl (C=O) groups excluding carboxylic acids is 2. The smallest absolute Gasteiger partial charge is 0.242 e. The molecule has 0 saturated carbocycles. The van der Waals surface area contributed by atoms with Crippen LogP contribution in [0.15, 0.2) is 29.2 Å². The molecule has 0 aliphatic heterocycles. The molecule has 0 aromatic heterocycles. The van der Waals surface area contributed by atoms with E-state index in [1.807, 2.05) is 13.8 Å². The Bertz CT molecular complexity index is 491. The van der Waals surface area contributed by atoms with Crippen LogP contribution < -0.4 is 10.6 Å². The fourth-order valence-corrected chi connectivity index (χ4v) is 2.72. The highest BCUT2D eigenvalue weighted by molar-refractivity contribution is 7.99. The second-order valence-corrected chi connectivity index (χ2v) is 6.54. The molecule has 0 aliphatic rings. The average molecular weight is 326 g/mol. The summed E-state index contributed by atoms with van der Waals surface area (Å²) in [7, 11) is 0. The largest absolute Gasteiger partial charge is 0.354 e. The summed E-state index contributed by atoms with van der Waals surface area (Å²) in [6.07, 6.45) is 0.804. The van der Waals surface area contributed by atoms with Gasteiger partial charge in [0.15, 0.2) is 0 Å². The lowest BCUT2D eigenvalue weighted by molar-refractivity contribution is -0.129. The van der Waals surface area contributed by atoms with Gasteiger partial charge in [0.05, 0.1) is 0 Å². The highest BCUT2D eigenvalue weighted by Gasteiger charge is 2.22. The minimum absolute atomic E-state index is 0.0393.